The first-order valence-electron chi connectivity index (χ1n) is 7.30. The Morgan fingerprint density at radius 1 is 1.09 bits per heavy atom. The second kappa shape index (κ2) is 8.10. The van der Waals surface area contributed by atoms with E-state index in [4.69, 9.17) is 4.74 Å². The predicted molar refractivity (Wildman–Crippen MR) is 86.8 cm³/mol. The number of amides is 1. The molecule has 0 radical (unpaired) electrons. The Labute approximate surface area is 134 Å². The van der Waals surface area contributed by atoms with Crippen LogP contribution in [0.1, 0.15) is 24.2 Å². The third kappa shape index (κ3) is 5.23. The smallest absolute Gasteiger partial charge is 0.310 e. The van der Waals surface area contributed by atoms with Gasteiger partial charge in [0.15, 0.2) is 0 Å². The lowest BCUT2D eigenvalue weighted by Gasteiger charge is -2.16. The molecule has 0 aromatic heterocycles. The van der Waals surface area contributed by atoms with E-state index in [1.54, 1.807) is 36.4 Å². The van der Waals surface area contributed by atoms with Crippen molar-refractivity contribution in [3.8, 4) is 0 Å². The summed E-state index contributed by atoms with van der Waals surface area (Å²) < 4.78 is 5.33. The van der Waals surface area contributed by atoms with Crippen molar-refractivity contribution in [1.29, 1.82) is 0 Å². The standard InChI is InChI=1S/C18H19NO4/c1-13(21)19-16-9-7-14(8-10-16)11-18(22)23-17(12-20)15-5-3-2-4-6-15/h2-10,17,20H,11-12H2,1H3,(H,19,21)/t17-/m0/s1. The number of hydrogen-bond donors (Lipinski definition) is 2. The fourth-order valence-electron chi connectivity index (χ4n) is 2.15. The van der Waals surface area contributed by atoms with Gasteiger partial charge in [0.05, 0.1) is 13.0 Å². The third-order valence-electron chi connectivity index (χ3n) is 3.23. The second-order valence-corrected chi connectivity index (χ2v) is 5.13. The minimum absolute atomic E-state index is 0.101. The van der Waals surface area contributed by atoms with Crippen molar-refractivity contribution >= 4 is 17.6 Å². The van der Waals surface area contributed by atoms with Gasteiger partial charge in [-0.3, -0.25) is 9.59 Å². The topological polar surface area (TPSA) is 75.6 Å². The van der Waals surface area contributed by atoms with Crippen molar-refractivity contribution < 1.29 is 19.4 Å². The maximum Gasteiger partial charge on any atom is 0.310 e. The number of carbonyl (C=O) groups excluding carboxylic acids is 2. The summed E-state index contributed by atoms with van der Waals surface area (Å²) >= 11 is 0. The van der Waals surface area contributed by atoms with E-state index < -0.39 is 12.1 Å². The van der Waals surface area contributed by atoms with Crippen molar-refractivity contribution in [2.45, 2.75) is 19.4 Å². The molecule has 0 bridgehead atoms. The van der Waals surface area contributed by atoms with Gasteiger partial charge in [-0.05, 0) is 23.3 Å². The number of ether oxygens (including phenoxy) is 1. The molecule has 0 unspecified atom stereocenters. The molecule has 2 N–H and O–H groups in total. The van der Waals surface area contributed by atoms with Gasteiger partial charge in [0, 0.05) is 12.6 Å². The third-order valence-corrected chi connectivity index (χ3v) is 3.23. The lowest BCUT2D eigenvalue weighted by atomic mass is 10.1. The molecule has 0 spiro atoms. The SMILES string of the molecule is CC(=O)Nc1ccc(CC(=O)O[C@@H](CO)c2ccccc2)cc1. The molecule has 120 valence electrons. The molecular weight excluding hydrogens is 294 g/mol. The van der Waals surface area contributed by atoms with Crippen molar-refractivity contribution in [1.82, 2.24) is 0 Å². The fraction of sp³-hybridized carbons (Fsp3) is 0.222. The van der Waals surface area contributed by atoms with Gasteiger partial charge in [-0.15, -0.1) is 0 Å². The summed E-state index contributed by atoms with van der Waals surface area (Å²) in [7, 11) is 0. The van der Waals surface area contributed by atoms with E-state index in [2.05, 4.69) is 5.32 Å². The molecule has 5 heteroatoms. The van der Waals surface area contributed by atoms with E-state index in [1.165, 1.54) is 6.92 Å². The van der Waals surface area contributed by atoms with Crippen LogP contribution in [0.25, 0.3) is 0 Å². The molecular formula is C18H19NO4. The van der Waals surface area contributed by atoms with E-state index in [0.717, 1.165) is 11.1 Å². The average molecular weight is 313 g/mol. The number of nitrogens with one attached hydrogen (secondary N) is 1. The van der Waals surface area contributed by atoms with Crippen molar-refractivity contribution in [2.24, 2.45) is 0 Å². The summed E-state index contributed by atoms with van der Waals surface area (Å²) in [4.78, 5) is 23.0. The van der Waals surface area contributed by atoms with Crippen LogP contribution in [0.3, 0.4) is 0 Å². The Bertz CT molecular complexity index is 652. The van der Waals surface area contributed by atoms with E-state index in [1.807, 2.05) is 18.2 Å². The van der Waals surface area contributed by atoms with Crippen LogP contribution in [0.5, 0.6) is 0 Å². The first kappa shape index (κ1) is 16.7. The van der Waals surface area contributed by atoms with Crippen LogP contribution in [0.4, 0.5) is 5.69 Å². The maximum atomic E-state index is 12.0. The van der Waals surface area contributed by atoms with Gasteiger partial charge in [-0.2, -0.15) is 0 Å². The molecule has 1 amide bonds. The van der Waals surface area contributed by atoms with Crippen molar-refractivity contribution in [3.63, 3.8) is 0 Å². The minimum atomic E-state index is -0.664. The Balaban J connectivity index is 1.94. The molecule has 0 saturated heterocycles. The highest BCUT2D eigenvalue weighted by molar-refractivity contribution is 5.88. The van der Waals surface area contributed by atoms with Crippen LogP contribution >= 0.6 is 0 Å². The Kier molecular flexibility index (Phi) is 5.88. The van der Waals surface area contributed by atoms with Gasteiger partial charge in [-0.1, -0.05) is 42.5 Å². The van der Waals surface area contributed by atoms with Crippen LogP contribution in [0.15, 0.2) is 54.6 Å². The summed E-state index contributed by atoms with van der Waals surface area (Å²) in [5, 5.41) is 12.1. The lowest BCUT2D eigenvalue weighted by molar-refractivity contribution is -0.150. The first-order chi connectivity index (χ1) is 11.1. The summed E-state index contributed by atoms with van der Waals surface area (Å²) in [6.07, 6.45) is -0.564. The number of aliphatic hydroxyl groups excluding tert-OH is 1. The number of carbonyl (C=O) groups is 2. The number of aliphatic hydroxyl groups is 1. The molecule has 0 heterocycles. The Morgan fingerprint density at radius 2 is 1.74 bits per heavy atom. The van der Waals surface area contributed by atoms with Crippen LogP contribution in [0, 0.1) is 0 Å². The maximum absolute atomic E-state index is 12.0. The number of esters is 1. The summed E-state index contributed by atoms with van der Waals surface area (Å²) in [6, 6.07) is 16.1. The molecule has 0 aliphatic heterocycles. The van der Waals surface area contributed by atoms with E-state index in [0.29, 0.717) is 5.69 Å². The molecule has 2 aromatic rings. The number of rotatable bonds is 6. The number of benzene rings is 2. The van der Waals surface area contributed by atoms with E-state index >= 15 is 0 Å². The van der Waals surface area contributed by atoms with Crippen molar-refractivity contribution in [2.75, 3.05) is 11.9 Å². The zero-order chi connectivity index (χ0) is 16.7. The second-order valence-electron chi connectivity index (χ2n) is 5.13. The largest absolute Gasteiger partial charge is 0.455 e. The van der Waals surface area contributed by atoms with Gasteiger partial charge < -0.3 is 15.2 Å². The molecule has 2 rings (SSSR count). The molecule has 23 heavy (non-hydrogen) atoms. The Morgan fingerprint density at radius 3 is 2.30 bits per heavy atom. The molecule has 0 fully saturated rings. The zero-order valence-electron chi connectivity index (χ0n) is 12.9. The molecule has 5 nitrogen and oxygen atoms in total. The van der Waals surface area contributed by atoms with E-state index in [-0.39, 0.29) is 18.9 Å². The van der Waals surface area contributed by atoms with Gasteiger partial charge >= 0.3 is 5.97 Å². The quantitative estimate of drug-likeness (QED) is 0.803. The summed E-state index contributed by atoms with van der Waals surface area (Å²) in [5.41, 5.74) is 2.20. The average Bonchev–Trinajstić information content (AvgIpc) is 2.55. The lowest BCUT2D eigenvalue weighted by Crippen LogP contribution is -2.16. The summed E-state index contributed by atoms with van der Waals surface area (Å²) in [6.45, 7) is 1.17. The van der Waals surface area contributed by atoms with Crippen molar-refractivity contribution in [3.05, 3.63) is 65.7 Å². The highest BCUT2D eigenvalue weighted by atomic mass is 16.6. The molecule has 2 aromatic carbocycles. The summed E-state index contributed by atoms with van der Waals surface area (Å²) in [5.74, 6) is -0.564. The van der Waals surface area contributed by atoms with Crippen LogP contribution < -0.4 is 5.32 Å². The monoisotopic (exact) mass is 313 g/mol. The zero-order valence-corrected chi connectivity index (χ0v) is 12.9. The Hall–Kier alpha value is -2.66. The number of hydrogen-bond acceptors (Lipinski definition) is 4. The van der Waals surface area contributed by atoms with Crippen LogP contribution in [0.2, 0.25) is 0 Å². The van der Waals surface area contributed by atoms with Crippen LogP contribution in [-0.2, 0) is 20.7 Å². The molecule has 0 aliphatic carbocycles. The highest BCUT2D eigenvalue weighted by Gasteiger charge is 2.15. The van der Waals surface area contributed by atoms with Gasteiger partial charge in [-0.25, -0.2) is 0 Å². The van der Waals surface area contributed by atoms with E-state index in [9.17, 15) is 14.7 Å². The fourth-order valence-corrected chi connectivity index (χ4v) is 2.15. The van der Waals surface area contributed by atoms with Gasteiger partial charge in [0.1, 0.15) is 6.10 Å². The van der Waals surface area contributed by atoms with Crippen LogP contribution in [-0.4, -0.2) is 23.6 Å². The van der Waals surface area contributed by atoms with Gasteiger partial charge in [0.2, 0.25) is 5.91 Å². The number of anilines is 1. The first-order valence-corrected chi connectivity index (χ1v) is 7.30. The predicted octanol–water partition coefficient (Wildman–Crippen LogP) is 2.46. The molecule has 0 aliphatic rings. The van der Waals surface area contributed by atoms with Gasteiger partial charge in [0.25, 0.3) is 0 Å². The normalized spacial score (nSPS) is 11.6. The highest BCUT2D eigenvalue weighted by Crippen LogP contribution is 2.18. The minimum Gasteiger partial charge on any atom is -0.455 e. The molecule has 1 atom stereocenters. The molecule has 0 saturated carbocycles.